The minimum absolute atomic E-state index is 0.195. The van der Waals surface area contributed by atoms with Gasteiger partial charge in [0.25, 0.3) is 0 Å². The number of benzene rings is 1. The topological polar surface area (TPSA) is 15.3 Å². The van der Waals surface area contributed by atoms with E-state index in [2.05, 4.69) is 40.0 Å². The average molecular weight is 315 g/mol. The third-order valence-corrected chi connectivity index (χ3v) is 4.18. The Morgan fingerprint density at radius 3 is 2.94 bits per heavy atom. The SMILES string of the molecule is CCC1CNC(C)CN1Cc1ccc(F)c(Br)c1. The molecule has 1 aliphatic rings. The molecule has 2 rings (SSSR count). The molecule has 2 nitrogen and oxygen atoms in total. The van der Waals surface area contributed by atoms with Crippen LogP contribution in [0.4, 0.5) is 4.39 Å². The van der Waals surface area contributed by atoms with Crippen LogP contribution in [0.3, 0.4) is 0 Å². The summed E-state index contributed by atoms with van der Waals surface area (Å²) in [7, 11) is 0. The summed E-state index contributed by atoms with van der Waals surface area (Å²) >= 11 is 3.25. The molecule has 100 valence electrons. The standard InChI is InChI=1S/C14H20BrFN2/c1-3-12-7-17-10(2)8-18(12)9-11-4-5-14(16)13(15)6-11/h4-6,10,12,17H,3,7-9H2,1-2H3. The van der Waals surface area contributed by atoms with E-state index in [4.69, 9.17) is 0 Å². The van der Waals surface area contributed by atoms with Crippen molar-refractivity contribution >= 4 is 15.9 Å². The number of rotatable bonds is 3. The minimum atomic E-state index is -0.195. The highest BCUT2D eigenvalue weighted by Gasteiger charge is 2.24. The van der Waals surface area contributed by atoms with Crippen molar-refractivity contribution in [2.45, 2.75) is 38.9 Å². The van der Waals surface area contributed by atoms with Crippen molar-refractivity contribution in [1.29, 1.82) is 0 Å². The van der Waals surface area contributed by atoms with Gasteiger partial charge in [0, 0.05) is 31.7 Å². The van der Waals surface area contributed by atoms with Crippen LogP contribution < -0.4 is 5.32 Å². The van der Waals surface area contributed by atoms with Gasteiger partial charge in [0.15, 0.2) is 0 Å². The molecule has 0 saturated carbocycles. The molecule has 4 heteroatoms. The quantitative estimate of drug-likeness (QED) is 0.922. The molecule has 1 saturated heterocycles. The zero-order valence-corrected chi connectivity index (χ0v) is 12.5. The largest absolute Gasteiger partial charge is 0.311 e. The molecular weight excluding hydrogens is 295 g/mol. The minimum Gasteiger partial charge on any atom is -0.311 e. The molecule has 0 amide bonds. The third-order valence-electron chi connectivity index (χ3n) is 3.57. The van der Waals surface area contributed by atoms with Crippen LogP contribution in [-0.4, -0.2) is 30.1 Å². The van der Waals surface area contributed by atoms with Crippen LogP contribution in [0.5, 0.6) is 0 Å². The number of halogens is 2. The van der Waals surface area contributed by atoms with E-state index in [1.165, 1.54) is 6.07 Å². The molecule has 0 radical (unpaired) electrons. The molecule has 2 unspecified atom stereocenters. The highest BCUT2D eigenvalue weighted by Crippen LogP contribution is 2.20. The van der Waals surface area contributed by atoms with E-state index >= 15 is 0 Å². The molecule has 0 bridgehead atoms. The van der Waals surface area contributed by atoms with E-state index < -0.39 is 0 Å². The smallest absolute Gasteiger partial charge is 0.137 e. The van der Waals surface area contributed by atoms with Crippen molar-refractivity contribution in [3.63, 3.8) is 0 Å². The van der Waals surface area contributed by atoms with Crippen molar-refractivity contribution in [2.75, 3.05) is 13.1 Å². The summed E-state index contributed by atoms with van der Waals surface area (Å²) in [6.45, 7) is 7.41. The highest BCUT2D eigenvalue weighted by atomic mass is 79.9. The van der Waals surface area contributed by atoms with Crippen LogP contribution in [0.15, 0.2) is 22.7 Å². The first-order chi connectivity index (χ1) is 8.60. The fourth-order valence-corrected chi connectivity index (χ4v) is 2.93. The van der Waals surface area contributed by atoms with Crippen molar-refractivity contribution < 1.29 is 4.39 Å². The van der Waals surface area contributed by atoms with Gasteiger partial charge in [0.2, 0.25) is 0 Å². The fraction of sp³-hybridized carbons (Fsp3) is 0.571. The van der Waals surface area contributed by atoms with Crippen molar-refractivity contribution in [3.05, 3.63) is 34.1 Å². The van der Waals surface area contributed by atoms with Gasteiger partial charge in [-0.05, 0) is 47.0 Å². The lowest BCUT2D eigenvalue weighted by atomic mass is 10.1. The van der Waals surface area contributed by atoms with Gasteiger partial charge in [-0.2, -0.15) is 0 Å². The first kappa shape index (κ1) is 14.0. The number of hydrogen-bond donors (Lipinski definition) is 1. The van der Waals surface area contributed by atoms with E-state index in [0.717, 1.165) is 31.6 Å². The van der Waals surface area contributed by atoms with Crippen molar-refractivity contribution in [3.8, 4) is 0 Å². The Morgan fingerprint density at radius 2 is 2.28 bits per heavy atom. The molecule has 1 aromatic rings. The van der Waals surface area contributed by atoms with Gasteiger partial charge in [-0.15, -0.1) is 0 Å². The average Bonchev–Trinajstić information content (AvgIpc) is 2.34. The number of nitrogens with one attached hydrogen (secondary N) is 1. The zero-order valence-electron chi connectivity index (χ0n) is 10.9. The summed E-state index contributed by atoms with van der Waals surface area (Å²) in [6.07, 6.45) is 1.14. The Morgan fingerprint density at radius 1 is 1.50 bits per heavy atom. The van der Waals surface area contributed by atoms with Gasteiger partial charge in [-0.3, -0.25) is 4.90 Å². The molecule has 1 aromatic carbocycles. The van der Waals surface area contributed by atoms with Crippen molar-refractivity contribution in [2.24, 2.45) is 0 Å². The normalized spacial score (nSPS) is 25.3. The first-order valence-electron chi connectivity index (χ1n) is 6.51. The van der Waals surface area contributed by atoms with E-state index in [1.54, 1.807) is 0 Å². The van der Waals surface area contributed by atoms with Gasteiger partial charge in [-0.25, -0.2) is 4.39 Å². The highest BCUT2D eigenvalue weighted by molar-refractivity contribution is 9.10. The predicted octanol–water partition coefficient (Wildman–Crippen LogP) is 3.16. The van der Waals surface area contributed by atoms with Crippen LogP contribution in [0.2, 0.25) is 0 Å². The van der Waals surface area contributed by atoms with Crippen molar-refractivity contribution in [1.82, 2.24) is 10.2 Å². The van der Waals surface area contributed by atoms with Crippen LogP contribution in [0, 0.1) is 5.82 Å². The van der Waals surface area contributed by atoms with Crippen LogP contribution in [0.1, 0.15) is 25.8 Å². The molecule has 18 heavy (non-hydrogen) atoms. The Kier molecular flexibility index (Phi) is 4.76. The maximum absolute atomic E-state index is 13.2. The predicted molar refractivity (Wildman–Crippen MR) is 76.1 cm³/mol. The van der Waals surface area contributed by atoms with Crippen LogP contribution in [0.25, 0.3) is 0 Å². The van der Waals surface area contributed by atoms with E-state index in [-0.39, 0.29) is 5.82 Å². The van der Waals surface area contributed by atoms with Gasteiger partial charge in [-0.1, -0.05) is 13.0 Å². The molecule has 1 fully saturated rings. The number of piperazine rings is 1. The Balaban J connectivity index is 2.08. The van der Waals surface area contributed by atoms with Gasteiger partial charge in [0.05, 0.1) is 4.47 Å². The van der Waals surface area contributed by atoms with Gasteiger partial charge < -0.3 is 5.32 Å². The lowest BCUT2D eigenvalue weighted by Gasteiger charge is -2.39. The summed E-state index contributed by atoms with van der Waals surface area (Å²) in [5.41, 5.74) is 1.16. The van der Waals surface area contributed by atoms with Crippen LogP contribution >= 0.6 is 15.9 Å². The summed E-state index contributed by atoms with van der Waals surface area (Å²) < 4.78 is 13.8. The van der Waals surface area contributed by atoms with Gasteiger partial charge >= 0.3 is 0 Å². The van der Waals surface area contributed by atoms with Gasteiger partial charge in [0.1, 0.15) is 5.82 Å². The second-order valence-electron chi connectivity index (χ2n) is 5.05. The van der Waals surface area contributed by atoms with E-state index in [1.807, 2.05) is 12.1 Å². The third kappa shape index (κ3) is 3.31. The molecule has 0 aromatic heterocycles. The fourth-order valence-electron chi connectivity index (χ4n) is 2.50. The maximum atomic E-state index is 13.2. The molecular formula is C14H20BrFN2. The Hall–Kier alpha value is -0.450. The maximum Gasteiger partial charge on any atom is 0.137 e. The number of hydrogen-bond acceptors (Lipinski definition) is 2. The van der Waals surface area contributed by atoms with E-state index in [0.29, 0.717) is 16.6 Å². The second kappa shape index (κ2) is 6.13. The first-order valence-corrected chi connectivity index (χ1v) is 7.30. The second-order valence-corrected chi connectivity index (χ2v) is 5.90. The molecule has 1 heterocycles. The van der Waals surface area contributed by atoms with E-state index in [9.17, 15) is 4.39 Å². The number of nitrogens with zero attached hydrogens (tertiary/aromatic N) is 1. The summed E-state index contributed by atoms with van der Waals surface area (Å²) in [5, 5.41) is 3.51. The zero-order chi connectivity index (χ0) is 13.1. The molecule has 2 atom stereocenters. The summed E-state index contributed by atoms with van der Waals surface area (Å²) in [5.74, 6) is -0.195. The summed E-state index contributed by atoms with van der Waals surface area (Å²) in [4.78, 5) is 2.49. The Labute approximate surface area is 117 Å². The molecule has 1 aliphatic heterocycles. The molecule has 0 spiro atoms. The molecule has 1 N–H and O–H groups in total. The lowest BCUT2D eigenvalue weighted by Crippen LogP contribution is -2.54. The van der Waals surface area contributed by atoms with Crippen LogP contribution in [-0.2, 0) is 6.54 Å². The summed E-state index contributed by atoms with van der Waals surface area (Å²) in [6, 6.07) is 6.39. The molecule has 0 aliphatic carbocycles. The monoisotopic (exact) mass is 314 g/mol. The Bertz CT molecular complexity index is 411. The lowest BCUT2D eigenvalue weighted by molar-refractivity contribution is 0.124.